The molecule has 0 bridgehead atoms. The first-order valence-electron chi connectivity index (χ1n) is 24.0. The molecular formula is C42H54BF2N14O19P3. The summed E-state index contributed by atoms with van der Waals surface area (Å²) in [6, 6.07) is 7.33. The number of nitrogens with one attached hydrogen (secondary N) is 3. The number of carbonyl (C=O) groups excluding carboxylic acids is 3. The number of azide groups is 2. The highest BCUT2D eigenvalue weighted by Crippen LogP contribution is 2.66. The van der Waals surface area contributed by atoms with E-state index < -0.39 is 98.6 Å². The lowest BCUT2D eigenvalue weighted by atomic mass is 9.86. The predicted molar refractivity (Wildman–Crippen MR) is 275 cm³/mol. The van der Waals surface area contributed by atoms with Crippen LogP contribution < -0.4 is 32.1 Å². The van der Waals surface area contributed by atoms with Gasteiger partial charge in [0, 0.05) is 66.4 Å². The van der Waals surface area contributed by atoms with Crippen molar-refractivity contribution in [3.63, 3.8) is 0 Å². The second kappa shape index (κ2) is 28.2. The summed E-state index contributed by atoms with van der Waals surface area (Å²) < 4.78 is 109. The highest BCUT2D eigenvalue weighted by molar-refractivity contribution is 7.66. The molecule has 5 heterocycles. The highest BCUT2D eigenvalue weighted by Gasteiger charge is 2.54. The Morgan fingerprint density at radius 2 is 1.81 bits per heavy atom. The fourth-order valence-corrected chi connectivity index (χ4v) is 11.6. The van der Waals surface area contributed by atoms with Crippen LogP contribution >= 0.6 is 23.5 Å². The number of nitrogen functional groups attached to an aromatic ring is 1. The van der Waals surface area contributed by atoms with E-state index in [-0.39, 0.29) is 87.3 Å². The van der Waals surface area contributed by atoms with E-state index in [2.05, 4.69) is 66.0 Å². The Morgan fingerprint density at radius 1 is 1.05 bits per heavy atom. The maximum absolute atomic E-state index is 15.7. The van der Waals surface area contributed by atoms with Gasteiger partial charge in [0.2, 0.25) is 11.8 Å². The summed E-state index contributed by atoms with van der Waals surface area (Å²) in [6.45, 7) is -3.30. The highest BCUT2D eigenvalue weighted by atomic mass is 31.3. The smallest absolute Gasteiger partial charge is 0.491 e. The number of nitrogens with two attached hydrogens (primary N) is 1. The van der Waals surface area contributed by atoms with Crippen LogP contribution in [-0.4, -0.2) is 152 Å². The van der Waals surface area contributed by atoms with Gasteiger partial charge < -0.3 is 82.5 Å². The first-order valence-corrected chi connectivity index (χ1v) is 28.6. The Hall–Kier alpha value is -6.85. The molecule has 0 spiro atoms. The number of carbonyl (C=O) groups is 3. The number of phosphoric ester groups is 1. The van der Waals surface area contributed by atoms with E-state index in [0.29, 0.717) is 23.5 Å². The normalized spacial score (nSPS) is 19.8. The molecule has 438 valence electrons. The molecule has 3 aliphatic heterocycles. The summed E-state index contributed by atoms with van der Waals surface area (Å²) in [4.78, 5) is 96.6. The van der Waals surface area contributed by atoms with Gasteiger partial charge in [0.1, 0.15) is 55.6 Å². The Kier molecular flexibility index (Phi) is 22.1. The minimum Gasteiger partial charge on any atom is -0.491 e. The average molecular weight is 1200 g/mol. The molecule has 6 rings (SSSR count). The number of ether oxygens (including phenoxy) is 5. The van der Waals surface area contributed by atoms with Crippen molar-refractivity contribution in [2.24, 2.45) is 10.2 Å². The third kappa shape index (κ3) is 18.3. The lowest BCUT2D eigenvalue weighted by Gasteiger charge is -2.35. The molecule has 7 unspecified atom stereocenters. The summed E-state index contributed by atoms with van der Waals surface area (Å²) in [7, 11) is -17.1. The molecule has 3 aromatic rings. The SMILES string of the molecule is Cc1cc(C)n2c1CC1C=CC(CCC(=O)NCCNC(=O)c3cccc(OCC(N=[N+]=[N-])OCCOCC(=O)NCC#Cc4cn(C5CC(OCN=[N+]=[N-])C(COP(=O)(O)OP(=O)(O)OP(=O)(O)O)O5)c(=O)nc4N)c3)=[N+]1[B-]2(F)F. The number of fused-ring (bicyclic) bond motifs is 2. The number of anilines is 1. The molecule has 33 nitrogen and oxygen atoms in total. The minimum atomic E-state index is -5.85. The lowest BCUT2D eigenvalue weighted by molar-refractivity contribution is -0.457. The first-order chi connectivity index (χ1) is 38.3. The quantitative estimate of drug-likeness (QED) is 0.00939. The van der Waals surface area contributed by atoms with Crippen LogP contribution in [0.3, 0.4) is 0 Å². The fourth-order valence-electron chi connectivity index (χ4n) is 8.53. The van der Waals surface area contributed by atoms with Crippen molar-refractivity contribution < 1.29 is 97.6 Å². The van der Waals surface area contributed by atoms with Gasteiger partial charge in [-0.3, -0.25) is 23.5 Å². The molecule has 7 atom stereocenters. The van der Waals surface area contributed by atoms with Gasteiger partial charge in [-0.1, -0.05) is 28.1 Å². The van der Waals surface area contributed by atoms with Gasteiger partial charge in [0.05, 0.1) is 38.0 Å². The Balaban J connectivity index is 0.881. The fraction of sp³-hybridized carbons (Fsp3) is 0.476. The number of phosphoric acid groups is 3. The largest absolute Gasteiger partial charge is 0.732 e. The molecule has 9 N–H and O–H groups in total. The number of halogens is 2. The molecular weight excluding hydrogens is 1150 g/mol. The van der Waals surface area contributed by atoms with Gasteiger partial charge in [-0.2, -0.15) is 13.6 Å². The summed E-state index contributed by atoms with van der Waals surface area (Å²) in [5.74, 6) is 3.69. The average Bonchev–Trinajstić information content (AvgIpc) is 2.95. The zero-order chi connectivity index (χ0) is 59.1. The van der Waals surface area contributed by atoms with Crippen LogP contribution in [0.25, 0.3) is 20.9 Å². The molecule has 81 heavy (non-hydrogen) atoms. The number of aromatic nitrogens is 3. The summed E-state index contributed by atoms with van der Waals surface area (Å²) in [5, 5.41) is 14.6. The number of allylic oxidation sites excluding steroid dienone is 1. The van der Waals surface area contributed by atoms with Gasteiger partial charge in [0.25, 0.3) is 5.91 Å². The monoisotopic (exact) mass is 1200 g/mol. The second-order valence-electron chi connectivity index (χ2n) is 17.6. The van der Waals surface area contributed by atoms with Crippen LogP contribution in [0.4, 0.5) is 14.4 Å². The summed E-state index contributed by atoms with van der Waals surface area (Å²) in [5.41, 5.74) is 25.1. The van der Waals surface area contributed by atoms with E-state index in [0.717, 1.165) is 25.3 Å². The van der Waals surface area contributed by atoms with Gasteiger partial charge >= 0.3 is 36.1 Å². The van der Waals surface area contributed by atoms with E-state index in [1.165, 1.54) is 12.1 Å². The van der Waals surface area contributed by atoms with Crippen molar-refractivity contribution >= 4 is 59.7 Å². The zero-order valence-corrected chi connectivity index (χ0v) is 45.5. The van der Waals surface area contributed by atoms with E-state index in [4.69, 9.17) is 50.3 Å². The third-order valence-corrected chi connectivity index (χ3v) is 15.7. The van der Waals surface area contributed by atoms with Gasteiger partial charge in [-0.15, -0.1) is 0 Å². The molecule has 0 saturated carbocycles. The molecule has 0 aliphatic carbocycles. The number of nitrogens with zero attached hydrogens (tertiary/aromatic N) is 10. The van der Waals surface area contributed by atoms with Crippen LogP contribution in [0.5, 0.6) is 5.75 Å². The third-order valence-electron chi connectivity index (χ3n) is 11.9. The molecule has 2 aromatic heterocycles. The van der Waals surface area contributed by atoms with Crippen molar-refractivity contribution in [3.8, 4) is 17.6 Å². The van der Waals surface area contributed by atoms with Gasteiger partial charge in [0.15, 0.2) is 6.23 Å². The van der Waals surface area contributed by atoms with Crippen molar-refractivity contribution in [3.05, 3.63) is 108 Å². The maximum Gasteiger partial charge on any atom is 0.732 e. The van der Waals surface area contributed by atoms with Crippen LogP contribution in [0.2, 0.25) is 0 Å². The van der Waals surface area contributed by atoms with Crippen molar-refractivity contribution in [1.82, 2.24) is 30.0 Å². The number of hydrogen-bond donors (Lipinski definition) is 8. The Labute approximate surface area is 457 Å². The number of aryl methyl sites for hydroxylation is 2. The molecule has 1 aromatic carbocycles. The number of benzene rings is 1. The number of hydrogen-bond acceptors (Lipinski definition) is 19. The van der Waals surface area contributed by atoms with Crippen LogP contribution in [-0.2, 0) is 61.8 Å². The van der Waals surface area contributed by atoms with Crippen LogP contribution in [0.15, 0.2) is 63.7 Å². The van der Waals surface area contributed by atoms with Crippen molar-refractivity contribution in [2.45, 2.75) is 70.2 Å². The molecule has 3 amide bonds. The topological polar surface area (TPSA) is 460 Å². The van der Waals surface area contributed by atoms with Gasteiger partial charge in [-0.25, -0.2) is 18.5 Å². The summed E-state index contributed by atoms with van der Waals surface area (Å²) in [6.07, 6.45) is -0.135. The lowest BCUT2D eigenvalue weighted by Crippen LogP contribution is -2.57. The van der Waals surface area contributed by atoms with Crippen molar-refractivity contribution in [1.29, 1.82) is 0 Å². The molecule has 0 radical (unpaired) electrons. The minimum absolute atomic E-state index is 0.0281. The van der Waals surface area contributed by atoms with E-state index >= 15 is 8.63 Å². The Bertz CT molecular complexity index is 3290. The van der Waals surface area contributed by atoms with Crippen LogP contribution in [0.1, 0.15) is 58.4 Å². The second-order valence-corrected chi connectivity index (χ2v) is 22.0. The molecule has 1 fully saturated rings. The summed E-state index contributed by atoms with van der Waals surface area (Å²) >= 11 is 0. The van der Waals surface area contributed by atoms with Crippen molar-refractivity contribution in [2.75, 3.05) is 65.1 Å². The Morgan fingerprint density at radius 3 is 2.56 bits per heavy atom. The molecule has 1 saturated heterocycles. The number of amides is 3. The van der Waals surface area contributed by atoms with E-state index in [9.17, 15) is 42.7 Å². The predicted octanol–water partition coefficient (Wildman–Crippen LogP) is 2.24. The maximum atomic E-state index is 15.7. The van der Waals surface area contributed by atoms with E-state index in [1.54, 1.807) is 37.3 Å². The first kappa shape index (κ1) is 63.3. The van der Waals surface area contributed by atoms with E-state index in [1.807, 2.05) is 6.92 Å². The molecule has 3 aliphatic rings. The van der Waals surface area contributed by atoms with Crippen LogP contribution in [0, 0.1) is 25.7 Å². The van der Waals surface area contributed by atoms with Gasteiger partial charge in [-0.05, 0) is 72.2 Å². The zero-order valence-electron chi connectivity index (χ0n) is 42.8. The standard InChI is InChI=1S/C42H54BF2N14O19P3/c1-26-17-27(2)58-33(26)19-31-9-8-30(59(31)43(58,44)45)10-11-36(60)50-13-14-51-41(62)28-5-3-7-32(18-28)73-24-38(54-56-48)72-16-15-71-23-37(61)49-12-4-6-29-21-57(42(63)53-40(29)46)39-20-34(74-25-52-55-47)35(76-39)22-75-80(67,68)78-81(69,70)77-79(64,65)66/h3,5,7-9,17-18,21,31,34-35,38-39H,10-16,19-20,22-25H2,1-2H3,(H,49,61)(H,50,60)(H,51,62)(H,67,68)(H,69,70)(H2,46,53,63)(H2,64,65,66). The number of rotatable bonds is 29. The molecule has 39 heteroatoms.